The van der Waals surface area contributed by atoms with Crippen LogP contribution >= 0.6 is 11.8 Å². The zero-order valence-corrected chi connectivity index (χ0v) is 24.3. The number of ether oxygens (including phenoxy) is 2. The van der Waals surface area contributed by atoms with Gasteiger partial charge in [-0.3, -0.25) is 9.59 Å². The number of nitrogens with one attached hydrogen (secondary N) is 2. The number of hydrogen-bond donors (Lipinski definition) is 2. The van der Waals surface area contributed by atoms with E-state index >= 15 is 0 Å². The molecule has 0 saturated heterocycles. The predicted octanol–water partition coefficient (Wildman–Crippen LogP) is 6.73. The number of carbonyl (C=O) groups is 2. The van der Waals surface area contributed by atoms with Crippen LogP contribution in [0.3, 0.4) is 0 Å². The smallest absolute Gasteiger partial charge is 0.254 e. The van der Waals surface area contributed by atoms with Gasteiger partial charge in [-0.2, -0.15) is 0 Å². The lowest BCUT2D eigenvalue weighted by Crippen LogP contribution is -2.37. The van der Waals surface area contributed by atoms with Gasteiger partial charge in [0.25, 0.3) is 5.91 Å². The molecule has 1 heterocycles. The Hall–Kier alpha value is -3.97. The molecule has 0 spiro atoms. The van der Waals surface area contributed by atoms with Crippen LogP contribution in [0, 0.1) is 6.92 Å². The summed E-state index contributed by atoms with van der Waals surface area (Å²) < 4.78 is 10.9. The van der Waals surface area contributed by atoms with Crippen LogP contribution in [0.15, 0.2) is 94.2 Å². The van der Waals surface area contributed by atoms with Crippen LogP contribution in [0.5, 0.6) is 11.5 Å². The van der Waals surface area contributed by atoms with Gasteiger partial charge in [-0.1, -0.05) is 35.9 Å². The summed E-state index contributed by atoms with van der Waals surface area (Å²) in [4.78, 5) is 28.9. The van der Waals surface area contributed by atoms with Gasteiger partial charge in [0.05, 0.1) is 14.2 Å². The molecule has 3 aromatic carbocycles. The highest BCUT2D eigenvalue weighted by Gasteiger charge is 2.41. The van der Waals surface area contributed by atoms with Crippen LogP contribution in [0.25, 0.3) is 0 Å². The molecule has 7 heteroatoms. The summed E-state index contributed by atoms with van der Waals surface area (Å²) in [7, 11) is 3.22. The zero-order chi connectivity index (χ0) is 28.4. The largest absolute Gasteiger partial charge is 0.493 e. The van der Waals surface area contributed by atoms with Gasteiger partial charge < -0.3 is 20.1 Å². The van der Waals surface area contributed by atoms with Crippen LogP contribution < -0.4 is 20.1 Å². The van der Waals surface area contributed by atoms with Gasteiger partial charge in [-0.05, 0) is 80.0 Å². The summed E-state index contributed by atoms with van der Waals surface area (Å²) in [5.74, 6) is 0.641. The number of amides is 1. The molecule has 1 aliphatic carbocycles. The van der Waals surface area contributed by atoms with Crippen molar-refractivity contribution in [1.29, 1.82) is 0 Å². The van der Waals surface area contributed by atoms with Gasteiger partial charge in [0.2, 0.25) is 0 Å². The molecular formula is C33H34N2O4S. The Balaban J connectivity index is 1.54. The molecule has 6 nitrogen and oxygen atoms in total. The highest BCUT2D eigenvalue weighted by Crippen LogP contribution is 2.46. The van der Waals surface area contributed by atoms with Crippen molar-refractivity contribution in [3.05, 3.63) is 106 Å². The molecule has 3 aromatic rings. The standard InChI is InChI=1S/C33H34N2O4S/c1-19-6-11-24(12-7-19)35-33(37)30-20(2)34-26-16-23(22-10-15-28(38-3)29(18-22)39-4)17-27(36)32(26)31(30)21-8-13-25(40-5)14-9-21/h6-15,18,23,31,34H,16-17H2,1-5H3,(H,35,37)/t23-,31-/m1/s1. The molecule has 0 radical (unpaired) electrons. The van der Waals surface area contributed by atoms with Crippen molar-refractivity contribution in [2.24, 2.45) is 0 Å². The first-order chi connectivity index (χ1) is 19.3. The van der Waals surface area contributed by atoms with Crippen LogP contribution in [0.4, 0.5) is 5.69 Å². The molecule has 0 aromatic heterocycles. The first-order valence-corrected chi connectivity index (χ1v) is 14.5. The van der Waals surface area contributed by atoms with E-state index in [-0.39, 0.29) is 17.6 Å². The first kappa shape index (κ1) is 27.6. The fraction of sp³-hybridized carbons (Fsp3) is 0.273. The van der Waals surface area contributed by atoms with E-state index in [1.165, 1.54) is 0 Å². The molecule has 5 rings (SSSR count). The number of aryl methyl sites for hydroxylation is 1. The minimum absolute atomic E-state index is 0.0196. The maximum absolute atomic E-state index is 14.0. The van der Waals surface area contributed by atoms with Crippen molar-refractivity contribution in [2.45, 2.75) is 43.4 Å². The summed E-state index contributed by atoms with van der Waals surface area (Å²) in [5, 5.41) is 6.52. The number of Topliss-reactive ketones (excluding diaryl/α,β-unsaturated/α-hetero) is 1. The van der Waals surface area contributed by atoms with Gasteiger partial charge in [-0.15, -0.1) is 11.8 Å². The number of anilines is 1. The number of carbonyl (C=O) groups excluding carboxylic acids is 2. The first-order valence-electron chi connectivity index (χ1n) is 13.3. The third-order valence-corrected chi connectivity index (χ3v) is 8.45. The van der Waals surface area contributed by atoms with Crippen LogP contribution in [-0.2, 0) is 9.59 Å². The second kappa shape index (κ2) is 11.6. The fourth-order valence-electron chi connectivity index (χ4n) is 5.65. The fourth-order valence-corrected chi connectivity index (χ4v) is 6.06. The van der Waals surface area contributed by atoms with Crippen molar-refractivity contribution in [3.8, 4) is 11.5 Å². The summed E-state index contributed by atoms with van der Waals surface area (Å²) in [6.45, 7) is 3.93. The van der Waals surface area contributed by atoms with E-state index in [1.54, 1.807) is 26.0 Å². The highest BCUT2D eigenvalue weighted by molar-refractivity contribution is 7.98. The molecule has 2 N–H and O–H groups in total. The average molecular weight is 555 g/mol. The second-order valence-corrected chi connectivity index (χ2v) is 11.1. The second-order valence-electron chi connectivity index (χ2n) is 10.2. The predicted molar refractivity (Wildman–Crippen MR) is 160 cm³/mol. The zero-order valence-electron chi connectivity index (χ0n) is 23.5. The number of hydrogen-bond acceptors (Lipinski definition) is 6. The molecule has 2 aliphatic rings. The van der Waals surface area contributed by atoms with E-state index in [1.807, 2.05) is 86.8 Å². The maximum atomic E-state index is 14.0. The monoisotopic (exact) mass is 554 g/mol. The molecule has 0 fully saturated rings. The number of thioether (sulfide) groups is 1. The SMILES string of the molecule is COc1ccc([C@H]2CC(=O)C3=C(C2)NC(C)=C(C(=O)Nc2ccc(C)cc2)[C@H]3c2ccc(SC)cc2)cc1OC. The molecule has 1 aliphatic heterocycles. The van der Waals surface area contributed by atoms with Gasteiger partial charge in [0.1, 0.15) is 0 Å². The van der Waals surface area contributed by atoms with E-state index in [2.05, 4.69) is 10.6 Å². The van der Waals surface area contributed by atoms with E-state index in [0.29, 0.717) is 35.5 Å². The maximum Gasteiger partial charge on any atom is 0.254 e. The Kier molecular flexibility index (Phi) is 8.03. The lowest BCUT2D eigenvalue weighted by atomic mass is 9.71. The Morgan fingerprint density at radius 2 is 1.57 bits per heavy atom. The van der Waals surface area contributed by atoms with Crippen molar-refractivity contribution in [2.75, 3.05) is 25.8 Å². The lowest BCUT2D eigenvalue weighted by molar-refractivity contribution is -0.116. The summed E-state index contributed by atoms with van der Waals surface area (Å²) in [6, 6.07) is 21.7. The van der Waals surface area contributed by atoms with Crippen LogP contribution in [0.1, 0.15) is 48.3 Å². The molecule has 0 unspecified atom stereocenters. The molecule has 2 atom stereocenters. The van der Waals surface area contributed by atoms with Crippen LogP contribution in [-0.4, -0.2) is 32.2 Å². The topological polar surface area (TPSA) is 76.7 Å². The minimum atomic E-state index is -0.462. The van der Waals surface area contributed by atoms with Gasteiger partial charge in [0, 0.05) is 45.5 Å². The van der Waals surface area contributed by atoms with Gasteiger partial charge in [-0.25, -0.2) is 0 Å². The molecule has 0 saturated carbocycles. The third kappa shape index (κ3) is 5.39. The minimum Gasteiger partial charge on any atom is -0.493 e. The lowest BCUT2D eigenvalue weighted by Gasteiger charge is -2.37. The number of allylic oxidation sites excluding steroid dienone is 3. The van der Waals surface area contributed by atoms with Gasteiger partial charge >= 0.3 is 0 Å². The number of ketones is 1. The quantitative estimate of drug-likeness (QED) is 0.315. The molecule has 1 amide bonds. The van der Waals surface area contributed by atoms with Crippen LogP contribution in [0.2, 0.25) is 0 Å². The normalized spacial score (nSPS) is 18.7. The Morgan fingerprint density at radius 1 is 0.900 bits per heavy atom. The summed E-state index contributed by atoms with van der Waals surface area (Å²) >= 11 is 1.66. The number of benzene rings is 3. The van der Waals surface area contributed by atoms with E-state index in [9.17, 15) is 9.59 Å². The van der Waals surface area contributed by atoms with E-state index in [4.69, 9.17) is 9.47 Å². The Morgan fingerprint density at radius 3 is 2.23 bits per heavy atom. The summed E-state index contributed by atoms with van der Waals surface area (Å²) in [5.41, 5.74) is 6.65. The average Bonchev–Trinajstić information content (AvgIpc) is 2.97. The Labute approximate surface area is 239 Å². The van der Waals surface area contributed by atoms with Crippen molar-refractivity contribution in [1.82, 2.24) is 5.32 Å². The highest BCUT2D eigenvalue weighted by atomic mass is 32.2. The number of methoxy groups -OCH3 is 2. The van der Waals surface area contributed by atoms with Crippen molar-refractivity contribution < 1.29 is 19.1 Å². The van der Waals surface area contributed by atoms with E-state index < -0.39 is 5.92 Å². The molecule has 40 heavy (non-hydrogen) atoms. The van der Waals surface area contributed by atoms with E-state index in [0.717, 1.165) is 38.7 Å². The summed E-state index contributed by atoms with van der Waals surface area (Å²) in [6.07, 6.45) is 3.03. The third-order valence-electron chi connectivity index (χ3n) is 7.71. The molecule has 206 valence electrons. The number of rotatable bonds is 7. The van der Waals surface area contributed by atoms with Crippen molar-refractivity contribution in [3.63, 3.8) is 0 Å². The Bertz CT molecular complexity index is 1510. The van der Waals surface area contributed by atoms with Crippen molar-refractivity contribution >= 4 is 29.1 Å². The van der Waals surface area contributed by atoms with Gasteiger partial charge in [0.15, 0.2) is 17.3 Å². The molecular weight excluding hydrogens is 520 g/mol. The number of dihydropyridines is 1. The molecule has 0 bridgehead atoms.